The van der Waals surface area contributed by atoms with Crippen LogP contribution in [0.3, 0.4) is 0 Å². The van der Waals surface area contributed by atoms with Crippen LogP contribution < -0.4 is 10.0 Å². The lowest BCUT2D eigenvalue weighted by atomic mass is 9.75. The van der Waals surface area contributed by atoms with Crippen molar-refractivity contribution in [2.45, 2.75) is 36.0 Å². The summed E-state index contributed by atoms with van der Waals surface area (Å²) in [6.45, 7) is 3.81. The molecule has 1 atom stereocenters. The van der Waals surface area contributed by atoms with E-state index in [1.807, 2.05) is 13.8 Å². The molecule has 0 unspecified atom stereocenters. The smallest absolute Gasteiger partial charge is 0.475 e. The maximum atomic E-state index is 12.9. The Hall–Kier alpha value is -2.73. The van der Waals surface area contributed by atoms with Crippen LogP contribution in [0.25, 0.3) is 10.8 Å². The minimum atomic E-state index is -3.88. The number of fused-ring (bicyclic) bond motifs is 1. The predicted octanol–water partition coefficient (Wildman–Crippen LogP) is 2.98. The molecule has 0 aliphatic heterocycles. The lowest BCUT2D eigenvalue weighted by molar-refractivity contribution is -0.119. The van der Waals surface area contributed by atoms with Crippen LogP contribution in [0.1, 0.15) is 20.3 Å². The molecule has 0 saturated carbocycles. The summed E-state index contributed by atoms with van der Waals surface area (Å²) in [5.41, 5.74) is 0.267. The van der Waals surface area contributed by atoms with Gasteiger partial charge in [0.1, 0.15) is 5.75 Å². The fourth-order valence-corrected chi connectivity index (χ4v) is 5.40. The number of thioether (sulfide) groups is 1. The van der Waals surface area contributed by atoms with Crippen molar-refractivity contribution in [3.05, 3.63) is 60.7 Å². The zero-order valence-corrected chi connectivity index (χ0v) is 20.4. The van der Waals surface area contributed by atoms with Crippen molar-refractivity contribution in [3.63, 3.8) is 0 Å². The Balaban J connectivity index is 1.86. The number of carbonyl (C=O) groups is 1. The number of benzene rings is 3. The standard InChI is InChI=1S/C23H27BN2O6S2/c1-15(2)12-21(24(29)30)25-22(27)14-33-20-13-19(17-10-6-7-11-18(17)23(20)28)26-34(31,32)16-8-4-3-5-9-16/h3-11,13,15,21,26,28-30H,12,14H2,1-2H3,(H,25,27)/t21-/m0/s1. The Bertz CT molecular complexity index is 1250. The number of phenolic OH excluding ortho intramolecular Hbond substituents is 1. The molecule has 0 radical (unpaired) electrons. The number of carbonyl (C=O) groups excluding carboxylic acids is 1. The Labute approximate surface area is 203 Å². The molecule has 1 amide bonds. The van der Waals surface area contributed by atoms with Crippen molar-refractivity contribution in [2.24, 2.45) is 5.92 Å². The van der Waals surface area contributed by atoms with Gasteiger partial charge in [-0.1, -0.05) is 56.3 Å². The summed E-state index contributed by atoms with van der Waals surface area (Å²) in [6.07, 6.45) is 0.390. The van der Waals surface area contributed by atoms with Gasteiger partial charge < -0.3 is 20.5 Å². The minimum absolute atomic E-state index is 0.0722. The first-order valence-electron chi connectivity index (χ1n) is 10.7. The maximum Gasteiger partial charge on any atom is 0.475 e. The van der Waals surface area contributed by atoms with Gasteiger partial charge in [-0.05, 0) is 30.5 Å². The number of nitrogens with one attached hydrogen (secondary N) is 2. The third-order valence-corrected chi connectivity index (χ3v) is 7.48. The highest BCUT2D eigenvalue weighted by Gasteiger charge is 2.26. The monoisotopic (exact) mass is 502 g/mol. The van der Waals surface area contributed by atoms with Crippen molar-refractivity contribution in [3.8, 4) is 5.75 Å². The van der Waals surface area contributed by atoms with E-state index >= 15 is 0 Å². The first-order valence-corrected chi connectivity index (χ1v) is 13.2. The maximum absolute atomic E-state index is 12.9. The molecule has 0 bridgehead atoms. The van der Waals surface area contributed by atoms with E-state index in [0.29, 0.717) is 22.1 Å². The Kier molecular flexibility index (Phi) is 8.48. The number of hydrogen-bond donors (Lipinski definition) is 5. The van der Waals surface area contributed by atoms with Crippen molar-refractivity contribution in [2.75, 3.05) is 10.5 Å². The molecule has 0 aromatic heterocycles. The van der Waals surface area contributed by atoms with Crippen molar-refractivity contribution in [1.29, 1.82) is 0 Å². The second-order valence-corrected chi connectivity index (χ2v) is 10.9. The van der Waals surface area contributed by atoms with E-state index in [1.165, 1.54) is 18.2 Å². The first-order chi connectivity index (χ1) is 16.1. The SMILES string of the molecule is CC(C)C[C@H](NC(=O)CSc1cc(NS(=O)(=O)c2ccccc2)c2ccccc2c1O)B(O)O. The van der Waals surface area contributed by atoms with Crippen LogP contribution in [0, 0.1) is 5.92 Å². The second kappa shape index (κ2) is 11.1. The molecule has 8 nitrogen and oxygen atoms in total. The van der Waals surface area contributed by atoms with Gasteiger partial charge in [-0.2, -0.15) is 0 Å². The van der Waals surface area contributed by atoms with E-state index < -0.39 is 29.0 Å². The van der Waals surface area contributed by atoms with Gasteiger partial charge in [0, 0.05) is 10.8 Å². The number of phenols is 1. The second-order valence-electron chi connectivity index (χ2n) is 8.24. The van der Waals surface area contributed by atoms with Gasteiger partial charge in [0.05, 0.1) is 27.2 Å². The first kappa shape index (κ1) is 25.9. The van der Waals surface area contributed by atoms with E-state index in [2.05, 4.69) is 10.0 Å². The van der Waals surface area contributed by atoms with Crippen LogP contribution in [0.15, 0.2) is 70.5 Å². The van der Waals surface area contributed by atoms with Crippen LogP contribution in [-0.2, 0) is 14.8 Å². The molecule has 3 aromatic carbocycles. The third kappa shape index (κ3) is 6.44. The molecule has 0 spiro atoms. The Morgan fingerprint density at radius 3 is 2.26 bits per heavy atom. The number of hydrogen-bond acceptors (Lipinski definition) is 7. The van der Waals surface area contributed by atoms with Gasteiger partial charge in [-0.15, -0.1) is 11.8 Å². The van der Waals surface area contributed by atoms with E-state index in [1.54, 1.807) is 42.5 Å². The van der Waals surface area contributed by atoms with Crippen LogP contribution in [-0.4, -0.2) is 48.3 Å². The lowest BCUT2D eigenvalue weighted by Crippen LogP contribution is -2.47. The molecule has 34 heavy (non-hydrogen) atoms. The number of amides is 1. The minimum Gasteiger partial charge on any atom is -0.506 e. The number of anilines is 1. The third-order valence-electron chi connectivity index (χ3n) is 5.07. The van der Waals surface area contributed by atoms with Crippen LogP contribution in [0.2, 0.25) is 0 Å². The van der Waals surface area contributed by atoms with Crippen LogP contribution in [0.5, 0.6) is 5.75 Å². The van der Waals surface area contributed by atoms with Gasteiger partial charge >= 0.3 is 7.12 Å². The highest BCUT2D eigenvalue weighted by Crippen LogP contribution is 2.40. The molecule has 0 saturated heterocycles. The molecule has 3 rings (SSSR count). The summed E-state index contributed by atoms with van der Waals surface area (Å²) in [4.78, 5) is 12.8. The van der Waals surface area contributed by atoms with Gasteiger partial charge in [0.25, 0.3) is 10.0 Å². The molecule has 180 valence electrons. The van der Waals surface area contributed by atoms with Gasteiger partial charge in [-0.3, -0.25) is 9.52 Å². The summed E-state index contributed by atoms with van der Waals surface area (Å²) in [5.74, 6) is -1.30. The van der Waals surface area contributed by atoms with Crippen LogP contribution >= 0.6 is 11.8 Å². The van der Waals surface area contributed by atoms with E-state index in [0.717, 1.165) is 11.8 Å². The molecule has 0 fully saturated rings. The van der Waals surface area contributed by atoms with Crippen LogP contribution in [0.4, 0.5) is 5.69 Å². The van der Waals surface area contributed by atoms with E-state index in [4.69, 9.17) is 0 Å². The zero-order valence-electron chi connectivity index (χ0n) is 18.8. The molecule has 3 aromatic rings. The highest BCUT2D eigenvalue weighted by atomic mass is 32.2. The summed E-state index contributed by atoms with van der Waals surface area (Å²) in [7, 11) is -5.57. The molecule has 0 heterocycles. The quantitative estimate of drug-likeness (QED) is 0.163. The molecular formula is C23H27BN2O6S2. The average molecular weight is 502 g/mol. The molecule has 0 aliphatic carbocycles. The summed E-state index contributed by atoms with van der Waals surface area (Å²) in [6, 6.07) is 16.2. The number of sulfonamides is 1. The van der Waals surface area contributed by atoms with Gasteiger partial charge in [0.15, 0.2) is 0 Å². The Morgan fingerprint density at radius 1 is 1.03 bits per heavy atom. The highest BCUT2D eigenvalue weighted by molar-refractivity contribution is 8.00. The lowest BCUT2D eigenvalue weighted by Gasteiger charge is -2.19. The number of aromatic hydroxyl groups is 1. The van der Waals surface area contributed by atoms with Crippen molar-refractivity contribution in [1.82, 2.24) is 5.32 Å². The Morgan fingerprint density at radius 2 is 1.65 bits per heavy atom. The molecule has 5 N–H and O–H groups in total. The molecule has 0 aliphatic rings. The average Bonchev–Trinajstić information content (AvgIpc) is 2.80. The molecular weight excluding hydrogens is 475 g/mol. The normalized spacial score (nSPS) is 12.5. The zero-order chi connectivity index (χ0) is 24.9. The number of rotatable bonds is 10. The van der Waals surface area contributed by atoms with Gasteiger partial charge in [-0.25, -0.2) is 8.42 Å². The largest absolute Gasteiger partial charge is 0.506 e. The van der Waals surface area contributed by atoms with Crippen molar-refractivity contribution >= 4 is 51.3 Å². The molecule has 11 heteroatoms. The summed E-state index contributed by atoms with van der Waals surface area (Å²) < 4.78 is 28.4. The van der Waals surface area contributed by atoms with Gasteiger partial charge in [0.2, 0.25) is 5.91 Å². The van der Waals surface area contributed by atoms with E-state index in [-0.39, 0.29) is 28.0 Å². The fourth-order valence-electron chi connectivity index (χ4n) is 3.49. The topological polar surface area (TPSA) is 136 Å². The van der Waals surface area contributed by atoms with Crippen molar-refractivity contribution < 1.29 is 28.4 Å². The fraction of sp³-hybridized carbons (Fsp3) is 0.261. The summed E-state index contributed by atoms with van der Waals surface area (Å²) >= 11 is 1.02. The predicted molar refractivity (Wildman–Crippen MR) is 135 cm³/mol. The summed E-state index contributed by atoms with van der Waals surface area (Å²) in [5, 5.41) is 33.4. The van der Waals surface area contributed by atoms with E-state index in [9.17, 15) is 28.4 Å².